The van der Waals surface area contributed by atoms with Gasteiger partial charge in [-0.15, -0.1) is 0 Å². The summed E-state index contributed by atoms with van der Waals surface area (Å²) in [6, 6.07) is 0. The van der Waals surface area contributed by atoms with Crippen LogP contribution in [0.15, 0.2) is 11.8 Å². The molecular formula is C12H22O2. The van der Waals surface area contributed by atoms with Crippen molar-refractivity contribution in [3.63, 3.8) is 0 Å². The fourth-order valence-electron chi connectivity index (χ4n) is 1.47. The van der Waals surface area contributed by atoms with Crippen LogP contribution in [0.3, 0.4) is 0 Å². The molecule has 0 saturated carbocycles. The van der Waals surface area contributed by atoms with E-state index in [1.807, 2.05) is 27.7 Å². The van der Waals surface area contributed by atoms with Gasteiger partial charge in [-0.1, -0.05) is 13.8 Å². The lowest BCUT2D eigenvalue weighted by atomic mass is 9.82. The van der Waals surface area contributed by atoms with Crippen LogP contribution in [-0.4, -0.2) is 12.4 Å². The first kappa shape index (κ1) is 13.2. The summed E-state index contributed by atoms with van der Waals surface area (Å²) in [4.78, 5) is 10.9. The van der Waals surface area contributed by atoms with Gasteiger partial charge in [-0.3, -0.25) is 0 Å². The normalized spacial score (nSPS) is 13.6. The number of hydrogen-bond acceptors (Lipinski definition) is 2. The van der Waals surface area contributed by atoms with E-state index in [1.54, 1.807) is 6.26 Å². The van der Waals surface area contributed by atoms with Crippen molar-refractivity contribution in [3.8, 4) is 0 Å². The van der Waals surface area contributed by atoms with E-state index in [0.29, 0.717) is 5.92 Å². The van der Waals surface area contributed by atoms with Gasteiger partial charge in [0.2, 0.25) is 0 Å². The standard InChI is InChI=1S/C12H22O2/c1-9(2)7-14-11(10(3)4)12(5,6)8-13/h7-8,10-11H,1-6H3. The highest BCUT2D eigenvalue weighted by molar-refractivity contribution is 5.59. The average molecular weight is 198 g/mol. The summed E-state index contributed by atoms with van der Waals surface area (Å²) in [5.41, 5.74) is 0.678. The maximum Gasteiger partial charge on any atom is 0.129 e. The van der Waals surface area contributed by atoms with E-state index in [1.165, 1.54) is 0 Å². The first-order chi connectivity index (χ1) is 6.31. The van der Waals surface area contributed by atoms with Gasteiger partial charge in [-0.05, 0) is 39.2 Å². The average Bonchev–Trinajstić information content (AvgIpc) is 2.03. The van der Waals surface area contributed by atoms with Gasteiger partial charge in [0, 0.05) is 0 Å². The van der Waals surface area contributed by atoms with Crippen LogP contribution < -0.4 is 0 Å². The number of allylic oxidation sites excluding steroid dienone is 1. The summed E-state index contributed by atoms with van der Waals surface area (Å²) >= 11 is 0. The lowest BCUT2D eigenvalue weighted by molar-refractivity contribution is -0.122. The molecule has 0 aliphatic rings. The summed E-state index contributed by atoms with van der Waals surface area (Å²) in [6.07, 6.45) is 2.64. The molecule has 2 heteroatoms. The van der Waals surface area contributed by atoms with Gasteiger partial charge >= 0.3 is 0 Å². The van der Waals surface area contributed by atoms with E-state index in [9.17, 15) is 4.79 Å². The molecule has 0 rings (SSSR count). The maximum atomic E-state index is 10.9. The number of rotatable bonds is 5. The van der Waals surface area contributed by atoms with Crippen molar-refractivity contribution in [3.05, 3.63) is 11.8 Å². The van der Waals surface area contributed by atoms with E-state index in [2.05, 4.69) is 13.8 Å². The molecule has 0 N–H and O–H groups in total. The Morgan fingerprint density at radius 2 is 1.79 bits per heavy atom. The highest BCUT2D eigenvalue weighted by Crippen LogP contribution is 2.27. The first-order valence-electron chi connectivity index (χ1n) is 5.06. The smallest absolute Gasteiger partial charge is 0.129 e. The zero-order valence-corrected chi connectivity index (χ0v) is 10.1. The molecule has 2 nitrogen and oxygen atoms in total. The van der Waals surface area contributed by atoms with Crippen LogP contribution in [0.1, 0.15) is 41.5 Å². The molecule has 0 aromatic heterocycles. The number of ether oxygens (including phenoxy) is 1. The van der Waals surface area contributed by atoms with Crippen molar-refractivity contribution >= 4 is 6.29 Å². The van der Waals surface area contributed by atoms with Crippen LogP contribution in [0.5, 0.6) is 0 Å². The Morgan fingerprint density at radius 3 is 2.07 bits per heavy atom. The van der Waals surface area contributed by atoms with Crippen molar-refractivity contribution in [2.24, 2.45) is 11.3 Å². The minimum absolute atomic E-state index is 0.0603. The molecule has 0 heterocycles. The second kappa shape index (κ2) is 5.18. The van der Waals surface area contributed by atoms with Gasteiger partial charge in [0.05, 0.1) is 11.7 Å². The monoisotopic (exact) mass is 198 g/mol. The molecule has 0 aliphatic carbocycles. The van der Waals surface area contributed by atoms with E-state index < -0.39 is 5.41 Å². The van der Waals surface area contributed by atoms with E-state index in [0.717, 1.165) is 11.9 Å². The molecule has 82 valence electrons. The van der Waals surface area contributed by atoms with Gasteiger partial charge in [0.25, 0.3) is 0 Å². The van der Waals surface area contributed by atoms with Crippen molar-refractivity contribution in [1.82, 2.24) is 0 Å². The van der Waals surface area contributed by atoms with Crippen LogP contribution in [-0.2, 0) is 9.53 Å². The SMILES string of the molecule is CC(C)=COC(C(C)C)C(C)(C)C=O. The number of carbonyl (C=O) groups is 1. The topological polar surface area (TPSA) is 26.3 Å². The summed E-state index contributed by atoms with van der Waals surface area (Å²) in [7, 11) is 0. The van der Waals surface area contributed by atoms with E-state index in [-0.39, 0.29) is 6.10 Å². The molecule has 0 bridgehead atoms. The van der Waals surface area contributed by atoms with Gasteiger partial charge in [0.1, 0.15) is 12.4 Å². The Labute approximate surface area is 87.3 Å². The molecule has 1 atom stereocenters. The molecule has 0 aliphatic heterocycles. The Morgan fingerprint density at radius 1 is 1.29 bits per heavy atom. The highest BCUT2D eigenvalue weighted by atomic mass is 16.5. The summed E-state index contributed by atoms with van der Waals surface area (Å²) in [6.45, 7) is 11.9. The number of aldehydes is 1. The van der Waals surface area contributed by atoms with Crippen molar-refractivity contribution in [2.45, 2.75) is 47.6 Å². The van der Waals surface area contributed by atoms with Crippen molar-refractivity contribution in [1.29, 1.82) is 0 Å². The lowest BCUT2D eigenvalue weighted by Gasteiger charge is -2.31. The molecule has 0 fully saturated rings. The third-order valence-electron chi connectivity index (χ3n) is 2.09. The fraction of sp³-hybridized carbons (Fsp3) is 0.750. The predicted molar refractivity (Wildman–Crippen MR) is 59.0 cm³/mol. The first-order valence-corrected chi connectivity index (χ1v) is 5.06. The molecule has 0 saturated heterocycles. The maximum absolute atomic E-state index is 10.9. The van der Waals surface area contributed by atoms with Gasteiger partial charge < -0.3 is 9.53 Å². The number of carbonyl (C=O) groups excluding carboxylic acids is 1. The second-order valence-corrected chi connectivity index (χ2v) is 4.94. The lowest BCUT2D eigenvalue weighted by Crippen LogP contribution is -2.36. The Bertz CT molecular complexity index is 210. The molecule has 0 aromatic carbocycles. The van der Waals surface area contributed by atoms with Crippen LogP contribution in [0.4, 0.5) is 0 Å². The minimum Gasteiger partial charge on any atom is -0.497 e. The summed E-state index contributed by atoms with van der Waals surface area (Å²) in [5.74, 6) is 0.325. The molecule has 0 radical (unpaired) electrons. The van der Waals surface area contributed by atoms with Crippen LogP contribution in [0, 0.1) is 11.3 Å². The van der Waals surface area contributed by atoms with Crippen molar-refractivity contribution < 1.29 is 9.53 Å². The predicted octanol–water partition coefficient (Wildman–Crippen LogP) is 3.18. The molecule has 0 spiro atoms. The molecule has 0 amide bonds. The van der Waals surface area contributed by atoms with Gasteiger partial charge in [-0.2, -0.15) is 0 Å². The van der Waals surface area contributed by atoms with Crippen LogP contribution in [0.2, 0.25) is 0 Å². The Kier molecular flexibility index (Phi) is 4.89. The number of hydrogen-bond donors (Lipinski definition) is 0. The summed E-state index contributed by atoms with van der Waals surface area (Å²) in [5, 5.41) is 0. The zero-order valence-electron chi connectivity index (χ0n) is 10.1. The quantitative estimate of drug-likeness (QED) is 0.501. The van der Waals surface area contributed by atoms with E-state index in [4.69, 9.17) is 4.74 Å². The fourth-order valence-corrected chi connectivity index (χ4v) is 1.47. The largest absolute Gasteiger partial charge is 0.497 e. The molecular weight excluding hydrogens is 176 g/mol. The Hall–Kier alpha value is -0.790. The van der Waals surface area contributed by atoms with Gasteiger partial charge in [-0.25, -0.2) is 0 Å². The highest BCUT2D eigenvalue weighted by Gasteiger charge is 2.32. The summed E-state index contributed by atoms with van der Waals surface area (Å²) < 4.78 is 5.63. The third-order valence-corrected chi connectivity index (χ3v) is 2.09. The molecule has 1 unspecified atom stereocenters. The van der Waals surface area contributed by atoms with E-state index >= 15 is 0 Å². The Balaban J connectivity index is 4.61. The second-order valence-electron chi connectivity index (χ2n) is 4.94. The zero-order chi connectivity index (χ0) is 11.4. The van der Waals surface area contributed by atoms with Crippen LogP contribution >= 0.6 is 0 Å². The van der Waals surface area contributed by atoms with Crippen molar-refractivity contribution in [2.75, 3.05) is 0 Å². The third kappa shape index (κ3) is 3.95. The molecule has 0 aromatic rings. The van der Waals surface area contributed by atoms with Gasteiger partial charge in [0.15, 0.2) is 0 Å². The van der Waals surface area contributed by atoms with Crippen LogP contribution in [0.25, 0.3) is 0 Å². The minimum atomic E-state index is -0.430. The molecule has 14 heavy (non-hydrogen) atoms.